The zero-order chi connectivity index (χ0) is 26.9. The maximum absolute atomic E-state index is 11.3. The van der Waals surface area contributed by atoms with Crippen molar-refractivity contribution < 1.29 is 19.1 Å². The number of hydrogen-bond acceptors (Lipinski definition) is 9. The highest BCUT2D eigenvalue weighted by Crippen LogP contribution is 2.31. The minimum atomic E-state index is -0.314. The van der Waals surface area contributed by atoms with Gasteiger partial charge in [-0.25, -0.2) is 9.59 Å². The summed E-state index contributed by atoms with van der Waals surface area (Å²) in [5.41, 5.74) is 0.885. The van der Waals surface area contributed by atoms with Crippen molar-refractivity contribution in [3.63, 3.8) is 0 Å². The van der Waals surface area contributed by atoms with Crippen LogP contribution < -0.4 is 0 Å². The molecular formula is C28H34O4S5. The first-order valence-corrected chi connectivity index (χ1v) is 16.9. The Morgan fingerprint density at radius 3 is 1.30 bits per heavy atom. The first kappa shape index (κ1) is 31.8. The van der Waals surface area contributed by atoms with Gasteiger partial charge in [0, 0.05) is 65.2 Å². The van der Waals surface area contributed by atoms with Crippen LogP contribution in [0.3, 0.4) is 0 Å². The van der Waals surface area contributed by atoms with Gasteiger partial charge in [0.25, 0.3) is 0 Å². The van der Waals surface area contributed by atoms with Crippen LogP contribution in [0.25, 0.3) is 0 Å². The highest BCUT2D eigenvalue weighted by Gasteiger charge is 2.04. The lowest BCUT2D eigenvalue weighted by atomic mass is 10.4. The Bertz CT molecular complexity index is 925. The van der Waals surface area contributed by atoms with Gasteiger partial charge in [-0.05, 0) is 62.4 Å². The molecule has 0 amide bonds. The molecule has 9 heteroatoms. The van der Waals surface area contributed by atoms with E-state index in [1.54, 1.807) is 49.1 Å². The molecule has 0 aliphatic rings. The van der Waals surface area contributed by atoms with Crippen molar-refractivity contribution >= 4 is 70.7 Å². The monoisotopic (exact) mass is 594 g/mol. The minimum absolute atomic E-state index is 0.314. The van der Waals surface area contributed by atoms with E-state index in [1.807, 2.05) is 23.5 Å². The van der Waals surface area contributed by atoms with Crippen molar-refractivity contribution in [3.8, 4) is 0 Å². The van der Waals surface area contributed by atoms with Crippen LogP contribution in [-0.4, -0.2) is 59.7 Å². The molecule has 0 saturated heterocycles. The van der Waals surface area contributed by atoms with E-state index in [0.717, 1.165) is 34.5 Å². The molecule has 2 aromatic carbocycles. The Hall–Kier alpha value is -1.39. The standard InChI is InChI=1S/C28H34O4S5/c1-21(2)27(29)31-13-15-33-17-19-35-23-5-9-25(10-6-23)37-26-11-7-24(8-12-26)36-20-18-34-16-14-32-28(30)22(3)4/h5-12H,1,3,13-20H2,2,4H3. The first-order valence-electron chi connectivity index (χ1n) is 11.8. The fraction of sp³-hybridized carbons (Fsp3) is 0.357. The van der Waals surface area contributed by atoms with Crippen LogP contribution in [0, 0.1) is 0 Å². The van der Waals surface area contributed by atoms with Crippen LogP contribution in [0.15, 0.2) is 92.4 Å². The van der Waals surface area contributed by atoms with Gasteiger partial charge in [-0.1, -0.05) is 24.9 Å². The summed E-state index contributed by atoms with van der Waals surface area (Å²) in [6.45, 7) is 11.3. The van der Waals surface area contributed by atoms with E-state index in [-0.39, 0.29) is 11.9 Å². The number of thioether (sulfide) groups is 4. The Balaban J connectivity index is 1.57. The number of carbonyl (C=O) groups excluding carboxylic acids is 2. The summed E-state index contributed by atoms with van der Waals surface area (Å²) in [6, 6.07) is 17.4. The van der Waals surface area contributed by atoms with Gasteiger partial charge in [0.15, 0.2) is 0 Å². The van der Waals surface area contributed by atoms with Crippen LogP contribution in [0.1, 0.15) is 13.8 Å². The van der Waals surface area contributed by atoms with Gasteiger partial charge in [0.05, 0.1) is 0 Å². The maximum atomic E-state index is 11.3. The van der Waals surface area contributed by atoms with Crippen LogP contribution in [-0.2, 0) is 19.1 Å². The van der Waals surface area contributed by atoms with Crippen LogP contribution in [0.2, 0.25) is 0 Å². The molecule has 0 aromatic heterocycles. The molecule has 0 atom stereocenters. The fourth-order valence-electron chi connectivity index (χ4n) is 2.62. The lowest BCUT2D eigenvalue weighted by Gasteiger charge is -2.07. The number of rotatable bonds is 18. The molecule has 0 fully saturated rings. The third kappa shape index (κ3) is 14.4. The third-order valence-electron chi connectivity index (χ3n) is 4.49. The number of esters is 2. The lowest BCUT2D eigenvalue weighted by Crippen LogP contribution is -2.07. The van der Waals surface area contributed by atoms with Gasteiger partial charge in [-0.15, -0.1) is 23.5 Å². The molecule has 0 unspecified atom stereocenters. The molecule has 0 aliphatic carbocycles. The second kappa shape index (κ2) is 18.8. The van der Waals surface area contributed by atoms with Crippen LogP contribution >= 0.6 is 58.8 Å². The van der Waals surface area contributed by atoms with Crippen molar-refractivity contribution in [1.82, 2.24) is 0 Å². The molecule has 0 saturated carbocycles. The molecule has 0 N–H and O–H groups in total. The van der Waals surface area contributed by atoms with Gasteiger partial charge >= 0.3 is 11.9 Å². The Labute approximate surface area is 242 Å². The highest BCUT2D eigenvalue weighted by molar-refractivity contribution is 8.03. The average Bonchev–Trinajstić information content (AvgIpc) is 2.89. The van der Waals surface area contributed by atoms with E-state index in [0.29, 0.717) is 24.4 Å². The predicted molar refractivity (Wildman–Crippen MR) is 165 cm³/mol. The molecule has 0 heterocycles. The minimum Gasteiger partial charge on any atom is -0.461 e. The van der Waals surface area contributed by atoms with Crippen molar-refractivity contribution in [2.24, 2.45) is 0 Å². The Morgan fingerprint density at radius 1 is 0.595 bits per heavy atom. The summed E-state index contributed by atoms with van der Waals surface area (Å²) in [5.74, 6) is 5.05. The van der Waals surface area contributed by atoms with Gasteiger partial charge in [0.1, 0.15) is 13.2 Å². The van der Waals surface area contributed by atoms with Gasteiger partial charge in [0.2, 0.25) is 0 Å². The zero-order valence-corrected chi connectivity index (χ0v) is 25.4. The maximum Gasteiger partial charge on any atom is 0.333 e. The summed E-state index contributed by atoms with van der Waals surface area (Å²) in [5, 5.41) is 0. The number of ether oxygens (including phenoxy) is 2. The fourth-order valence-corrected chi connectivity index (χ4v) is 6.98. The molecule has 4 nitrogen and oxygen atoms in total. The molecule has 2 rings (SSSR count). The largest absolute Gasteiger partial charge is 0.461 e. The molecule has 0 radical (unpaired) electrons. The van der Waals surface area contributed by atoms with Gasteiger partial charge in [-0.3, -0.25) is 0 Å². The highest BCUT2D eigenvalue weighted by atomic mass is 32.2. The summed E-state index contributed by atoms with van der Waals surface area (Å²) in [7, 11) is 0. The molecule has 200 valence electrons. The number of benzene rings is 2. The number of carbonyl (C=O) groups is 2. The third-order valence-corrected chi connectivity index (χ3v) is 9.95. The molecule has 37 heavy (non-hydrogen) atoms. The normalized spacial score (nSPS) is 10.6. The van der Waals surface area contributed by atoms with Crippen molar-refractivity contribution in [2.75, 3.05) is 47.7 Å². The molecule has 0 aliphatic heterocycles. The van der Waals surface area contributed by atoms with Gasteiger partial charge < -0.3 is 9.47 Å². The van der Waals surface area contributed by atoms with Crippen molar-refractivity contribution in [1.29, 1.82) is 0 Å². The second-order valence-corrected chi connectivity index (χ2v) is 13.7. The molecular weight excluding hydrogens is 561 g/mol. The van der Waals surface area contributed by atoms with E-state index in [2.05, 4.69) is 61.7 Å². The summed E-state index contributed by atoms with van der Waals surface area (Å²) >= 11 is 9.03. The van der Waals surface area contributed by atoms with E-state index in [1.165, 1.54) is 19.6 Å². The second-order valence-electron chi connectivity index (χ2n) is 7.80. The van der Waals surface area contributed by atoms with Crippen molar-refractivity contribution in [3.05, 3.63) is 72.8 Å². The van der Waals surface area contributed by atoms with E-state index in [4.69, 9.17) is 9.47 Å². The van der Waals surface area contributed by atoms with E-state index in [9.17, 15) is 9.59 Å². The Kier molecular flexibility index (Phi) is 16.2. The topological polar surface area (TPSA) is 52.6 Å². The Morgan fingerprint density at radius 2 is 0.946 bits per heavy atom. The SMILES string of the molecule is C=C(C)C(=O)OCCSCCSc1ccc(Sc2ccc(SCCSCCOC(=O)C(=C)C)cc2)cc1. The quantitative estimate of drug-likeness (QED) is 0.0747. The van der Waals surface area contributed by atoms with E-state index >= 15 is 0 Å². The first-order chi connectivity index (χ1) is 17.8. The molecule has 0 bridgehead atoms. The number of hydrogen-bond donors (Lipinski definition) is 0. The van der Waals surface area contributed by atoms with Crippen LogP contribution in [0.4, 0.5) is 0 Å². The van der Waals surface area contributed by atoms with Crippen molar-refractivity contribution in [2.45, 2.75) is 33.4 Å². The van der Waals surface area contributed by atoms with E-state index < -0.39 is 0 Å². The molecule has 0 spiro atoms. The van der Waals surface area contributed by atoms with Gasteiger partial charge in [-0.2, -0.15) is 23.5 Å². The van der Waals surface area contributed by atoms with Crippen LogP contribution in [0.5, 0.6) is 0 Å². The summed E-state index contributed by atoms with van der Waals surface area (Å²) < 4.78 is 10.2. The average molecular weight is 595 g/mol. The molecule has 2 aromatic rings. The lowest BCUT2D eigenvalue weighted by molar-refractivity contribution is -0.139. The summed E-state index contributed by atoms with van der Waals surface area (Å²) in [4.78, 5) is 27.6. The summed E-state index contributed by atoms with van der Waals surface area (Å²) in [6.07, 6.45) is 0. The smallest absolute Gasteiger partial charge is 0.333 e. The zero-order valence-electron chi connectivity index (χ0n) is 21.4. The predicted octanol–water partition coefficient (Wildman–Crippen LogP) is 7.73.